The molecule has 10 atom stereocenters. The lowest BCUT2D eigenvalue weighted by atomic mass is 9.52. The van der Waals surface area contributed by atoms with Gasteiger partial charge in [0.25, 0.3) is 0 Å². The molecule has 8 heteroatoms. The second-order valence-corrected chi connectivity index (χ2v) is 9.49. The number of rotatable bonds is 3. The summed E-state index contributed by atoms with van der Waals surface area (Å²) in [4.78, 5) is 12.8. The lowest BCUT2D eigenvalue weighted by Gasteiger charge is -2.54. The first-order valence-electron chi connectivity index (χ1n) is 10.8. The Morgan fingerprint density at radius 3 is 2.10 bits per heavy atom. The van der Waals surface area contributed by atoms with Gasteiger partial charge in [-0.05, 0) is 49.4 Å². The number of ether oxygens (including phenoxy) is 5. The fourth-order valence-corrected chi connectivity index (χ4v) is 7.12. The van der Waals surface area contributed by atoms with Gasteiger partial charge in [-0.2, -0.15) is 0 Å². The maximum Gasteiger partial charge on any atom is 0.309 e. The Morgan fingerprint density at radius 1 is 0.862 bits per heavy atom. The summed E-state index contributed by atoms with van der Waals surface area (Å²) in [6.07, 6.45) is 1.00. The van der Waals surface area contributed by atoms with E-state index >= 15 is 0 Å². The minimum Gasteiger partial charge on any atom is -0.465 e. The van der Waals surface area contributed by atoms with E-state index in [0.717, 1.165) is 12.8 Å². The largest absolute Gasteiger partial charge is 0.465 e. The molecule has 3 aliphatic carbocycles. The van der Waals surface area contributed by atoms with Crippen molar-refractivity contribution in [2.24, 2.45) is 35.5 Å². The molecule has 0 aromatic heterocycles. The molecule has 0 spiro atoms. The molecule has 2 saturated heterocycles. The fourth-order valence-electron chi connectivity index (χ4n) is 7.12. The number of aliphatic hydroxyl groups is 2. The number of hydrogen-bond donors (Lipinski definition) is 2. The summed E-state index contributed by atoms with van der Waals surface area (Å²) in [6.45, 7) is 0.587. The van der Waals surface area contributed by atoms with Crippen molar-refractivity contribution in [2.45, 2.75) is 62.3 Å². The second-order valence-electron chi connectivity index (χ2n) is 9.49. The zero-order valence-corrected chi connectivity index (χ0v) is 17.0. The molecule has 0 aromatic carbocycles. The molecule has 3 saturated carbocycles. The third-order valence-electron chi connectivity index (χ3n) is 8.46. The minimum atomic E-state index is -0.681. The molecule has 8 nitrogen and oxygen atoms in total. The Balaban J connectivity index is 1.49. The molecule has 5 aliphatic rings. The summed E-state index contributed by atoms with van der Waals surface area (Å²) in [5.41, 5.74) is 0. The average Bonchev–Trinajstić information content (AvgIpc) is 3.34. The van der Waals surface area contributed by atoms with E-state index in [4.69, 9.17) is 23.7 Å². The molecule has 2 N–H and O–H groups in total. The number of hydrogen-bond acceptors (Lipinski definition) is 8. The summed E-state index contributed by atoms with van der Waals surface area (Å²) in [6, 6.07) is 0. The van der Waals surface area contributed by atoms with Crippen LogP contribution in [0.25, 0.3) is 0 Å². The van der Waals surface area contributed by atoms with Crippen LogP contribution in [0, 0.1) is 35.5 Å². The van der Waals surface area contributed by atoms with Crippen molar-refractivity contribution in [1.82, 2.24) is 0 Å². The van der Waals surface area contributed by atoms with Crippen LogP contribution in [-0.2, 0) is 28.5 Å². The second kappa shape index (κ2) is 7.73. The van der Waals surface area contributed by atoms with Gasteiger partial charge in [0.1, 0.15) is 12.9 Å². The number of methoxy groups -OCH3 is 2. The highest BCUT2D eigenvalue weighted by molar-refractivity contribution is 5.75. The van der Waals surface area contributed by atoms with Gasteiger partial charge in [-0.1, -0.05) is 0 Å². The lowest BCUT2D eigenvalue weighted by Crippen LogP contribution is -2.58. The third-order valence-corrected chi connectivity index (χ3v) is 8.46. The van der Waals surface area contributed by atoms with Crippen LogP contribution in [0.4, 0.5) is 0 Å². The van der Waals surface area contributed by atoms with E-state index in [2.05, 4.69) is 0 Å². The fraction of sp³-hybridized carbons (Fsp3) is 0.952. The van der Waals surface area contributed by atoms with E-state index < -0.39 is 12.2 Å². The first-order valence-corrected chi connectivity index (χ1v) is 10.8. The Labute approximate surface area is 170 Å². The van der Waals surface area contributed by atoms with E-state index in [1.807, 2.05) is 0 Å². The molecule has 29 heavy (non-hydrogen) atoms. The van der Waals surface area contributed by atoms with Crippen molar-refractivity contribution < 1.29 is 38.7 Å². The van der Waals surface area contributed by atoms with Gasteiger partial charge in [0.2, 0.25) is 0 Å². The van der Waals surface area contributed by atoms with Gasteiger partial charge in [-0.15, -0.1) is 0 Å². The standard InChI is InChI=1S/C21H32O8/c1-25-15-3-9(4-16(26-2)20(15)23)17-10-5-13-14(29-8-28-13)6-11(10)19(22)12-7-27-21(24)18(12)17/h9-20,22-23H,3-8H2,1-2H3/t9?,10?,11?,12-,13?,14?,15?,16?,17+,18-,19+,20?/m0/s1. The molecule has 0 aromatic rings. The van der Waals surface area contributed by atoms with Crippen LogP contribution >= 0.6 is 0 Å². The van der Waals surface area contributed by atoms with Crippen molar-refractivity contribution in [3.8, 4) is 0 Å². The van der Waals surface area contributed by atoms with Gasteiger partial charge in [0.05, 0.1) is 43.0 Å². The van der Waals surface area contributed by atoms with Crippen LogP contribution in [0.15, 0.2) is 0 Å². The van der Waals surface area contributed by atoms with Crippen LogP contribution in [0.3, 0.4) is 0 Å². The zero-order valence-electron chi connectivity index (χ0n) is 17.0. The molecule has 0 bridgehead atoms. The van der Waals surface area contributed by atoms with Crippen molar-refractivity contribution >= 4 is 5.97 Å². The number of cyclic esters (lactones) is 1. The van der Waals surface area contributed by atoms with Crippen LogP contribution in [0.5, 0.6) is 0 Å². The minimum absolute atomic E-state index is 0.0190. The van der Waals surface area contributed by atoms with E-state index in [1.165, 1.54) is 0 Å². The predicted octanol–water partition coefficient (Wildman–Crippen LogP) is 0.335. The van der Waals surface area contributed by atoms with Crippen LogP contribution in [0.1, 0.15) is 25.7 Å². The van der Waals surface area contributed by atoms with Crippen molar-refractivity contribution in [1.29, 1.82) is 0 Å². The van der Waals surface area contributed by atoms with Gasteiger partial charge >= 0.3 is 5.97 Å². The van der Waals surface area contributed by atoms with Crippen LogP contribution < -0.4 is 0 Å². The first-order chi connectivity index (χ1) is 14.0. The number of esters is 1. The molecule has 0 amide bonds. The maximum atomic E-state index is 12.8. The molecule has 5 fully saturated rings. The summed E-state index contributed by atoms with van der Waals surface area (Å²) >= 11 is 0. The smallest absolute Gasteiger partial charge is 0.309 e. The molecular formula is C21H32O8. The average molecular weight is 412 g/mol. The number of carbonyl (C=O) groups excluding carboxylic acids is 1. The van der Waals surface area contributed by atoms with Crippen LogP contribution in [-0.4, -0.2) is 80.4 Å². The molecule has 2 heterocycles. The van der Waals surface area contributed by atoms with E-state index in [0.29, 0.717) is 19.6 Å². The van der Waals surface area contributed by atoms with Crippen molar-refractivity contribution in [2.75, 3.05) is 27.6 Å². The summed E-state index contributed by atoms with van der Waals surface area (Å²) in [5, 5.41) is 21.7. The summed E-state index contributed by atoms with van der Waals surface area (Å²) in [5.74, 6) is -0.288. The number of carbonyl (C=O) groups is 1. The highest BCUT2D eigenvalue weighted by Gasteiger charge is 2.61. The molecular weight excluding hydrogens is 380 g/mol. The number of aliphatic hydroxyl groups excluding tert-OH is 2. The molecule has 2 aliphatic heterocycles. The summed E-state index contributed by atoms with van der Waals surface area (Å²) in [7, 11) is 3.22. The van der Waals surface area contributed by atoms with Gasteiger partial charge < -0.3 is 33.9 Å². The molecule has 164 valence electrons. The van der Waals surface area contributed by atoms with Gasteiger partial charge in [-0.3, -0.25) is 4.79 Å². The number of fused-ring (bicyclic) bond motifs is 3. The van der Waals surface area contributed by atoms with E-state index in [9.17, 15) is 15.0 Å². The Kier molecular flexibility index (Phi) is 5.37. The molecule has 5 rings (SSSR count). The van der Waals surface area contributed by atoms with Gasteiger partial charge in [-0.25, -0.2) is 0 Å². The SMILES string of the molecule is COC1CC([C@@H]2C3CC4OCOC4CC3[C@@H](O)[C@H]3COC(=O)[C@H]23)CC(OC)C1O. The van der Waals surface area contributed by atoms with Crippen molar-refractivity contribution in [3.05, 3.63) is 0 Å². The van der Waals surface area contributed by atoms with Gasteiger partial charge in [0, 0.05) is 20.1 Å². The third kappa shape index (κ3) is 3.15. The first kappa shape index (κ1) is 20.2. The van der Waals surface area contributed by atoms with E-state index in [-0.39, 0.29) is 72.5 Å². The Morgan fingerprint density at radius 2 is 1.48 bits per heavy atom. The monoisotopic (exact) mass is 412 g/mol. The molecule has 6 unspecified atom stereocenters. The lowest BCUT2D eigenvalue weighted by molar-refractivity contribution is -0.171. The normalized spacial score (nSPS) is 54.4. The Bertz CT molecular complexity index is 614. The highest BCUT2D eigenvalue weighted by atomic mass is 16.7. The van der Waals surface area contributed by atoms with E-state index in [1.54, 1.807) is 14.2 Å². The summed E-state index contributed by atoms with van der Waals surface area (Å²) < 4.78 is 28.2. The van der Waals surface area contributed by atoms with Crippen molar-refractivity contribution in [3.63, 3.8) is 0 Å². The predicted molar refractivity (Wildman–Crippen MR) is 98.6 cm³/mol. The Hall–Kier alpha value is -0.770. The topological polar surface area (TPSA) is 104 Å². The molecule has 0 radical (unpaired) electrons. The van der Waals surface area contributed by atoms with Gasteiger partial charge in [0.15, 0.2) is 0 Å². The maximum absolute atomic E-state index is 12.8. The highest BCUT2D eigenvalue weighted by Crippen LogP contribution is 2.57. The van der Waals surface area contributed by atoms with Crippen LogP contribution in [0.2, 0.25) is 0 Å². The zero-order chi connectivity index (χ0) is 20.3. The quantitative estimate of drug-likeness (QED) is 0.640.